The molecule has 3 heterocycles. The highest BCUT2D eigenvalue weighted by molar-refractivity contribution is 5.34. The van der Waals surface area contributed by atoms with Gasteiger partial charge in [-0.15, -0.1) is 0 Å². The zero-order valence-corrected chi connectivity index (χ0v) is 7.42. The Kier molecular flexibility index (Phi) is 1.45. The van der Waals surface area contributed by atoms with Gasteiger partial charge in [0.2, 0.25) is 0 Å². The van der Waals surface area contributed by atoms with Crippen LogP contribution in [0.4, 0.5) is 0 Å². The van der Waals surface area contributed by atoms with Gasteiger partial charge in [0.05, 0.1) is 6.61 Å². The van der Waals surface area contributed by atoms with Crippen molar-refractivity contribution in [3.8, 4) is 0 Å². The summed E-state index contributed by atoms with van der Waals surface area (Å²) in [6.45, 7) is 2.73. The Bertz CT molecular complexity index is 331. The first-order chi connectivity index (χ1) is 6.41. The van der Waals surface area contributed by atoms with Gasteiger partial charge in [-0.3, -0.25) is 4.98 Å². The summed E-state index contributed by atoms with van der Waals surface area (Å²) < 4.78 is 5.87. The summed E-state index contributed by atoms with van der Waals surface area (Å²) >= 11 is 0. The van der Waals surface area contributed by atoms with Crippen molar-refractivity contribution in [3.05, 3.63) is 29.6 Å². The Morgan fingerprint density at radius 3 is 3.38 bits per heavy atom. The van der Waals surface area contributed by atoms with Crippen LogP contribution in [-0.4, -0.2) is 18.1 Å². The van der Waals surface area contributed by atoms with E-state index in [-0.39, 0.29) is 5.60 Å². The predicted octanol–water partition coefficient (Wildman–Crippen LogP) is 0.800. The van der Waals surface area contributed by atoms with Crippen molar-refractivity contribution >= 4 is 0 Å². The molecule has 0 aromatic carbocycles. The molecule has 1 unspecified atom stereocenters. The lowest BCUT2D eigenvalue weighted by molar-refractivity contribution is -0.0218. The molecule has 0 radical (unpaired) electrons. The first-order valence-electron chi connectivity index (χ1n) is 4.69. The number of fused-ring (bicyclic) bond motifs is 2. The second kappa shape index (κ2) is 2.53. The fourth-order valence-electron chi connectivity index (χ4n) is 2.30. The third kappa shape index (κ3) is 0.943. The standard InChI is InChI=1S/C10H12N2O/c1-3-11-5-8-6-13-10(9(1)8)2-4-12-7-10/h1,3,5,12H,2,4,6-7H2. The molecular formula is C10H12N2O. The van der Waals surface area contributed by atoms with E-state index >= 15 is 0 Å². The van der Waals surface area contributed by atoms with E-state index in [1.54, 1.807) is 0 Å². The van der Waals surface area contributed by atoms with Crippen LogP contribution in [0.5, 0.6) is 0 Å². The highest BCUT2D eigenvalue weighted by Gasteiger charge is 2.42. The van der Waals surface area contributed by atoms with Crippen molar-refractivity contribution in [2.24, 2.45) is 0 Å². The molecule has 3 heteroatoms. The number of hydrogen-bond donors (Lipinski definition) is 1. The summed E-state index contributed by atoms with van der Waals surface area (Å²) in [5, 5.41) is 3.35. The second-order valence-corrected chi connectivity index (χ2v) is 3.74. The fourth-order valence-corrected chi connectivity index (χ4v) is 2.30. The molecule has 0 amide bonds. The normalized spacial score (nSPS) is 31.1. The second-order valence-electron chi connectivity index (χ2n) is 3.74. The predicted molar refractivity (Wildman–Crippen MR) is 48.2 cm³/mol. The summed E-state index contributed by atoms with van der Waals surface area (Å²) in [5.41, 5.74) is 2.57. The number of hydrogen-bond acceptors (Lipinski definition) is 3. The van der Waals surface area contributed by atoms with Gasteiger partial charge in [-0.05, 0) is 24.6 Å². The van der Waals surface area contributed by atoms with Crippen molar-refractivity contribution in [2.75, 3.05) is 13.1 Å². The van der Waals surface area contributed by atoms with Crippen LogP contribution in [0, 0.1) is 0 Å². The quantitative estimate of drug-likeness (QED) is 0.635. The highest BCUT2D eigenvalue weighted by Crippen LogP contribution is 2.40. The molecule has 1 aromatic rings. The van der Waals surface area contributed by atoms with E-state index in [9.17, 15) is 0 Å². The van der Waals surface area contributed by atoms with Crippen molar-refractivity contribution in [1.82, 2.24) is 10.3 Å². The molecule has 0 aliphatic carbocycles. The third-order valence-electron chi connectivity index (χ3n) is 3.01. The summed E-state index contributed by atoms with van der Waals surface area (Å²) in [7, 11) is 0. The van der Waals surface area contributed by atoms with E-state index in [0.717, 1.165) is 26.1 Å². The first kappa shape index (κ1) is 7.47. The minimum absolute atomic E-state index is 0.0295. The maximum Gasteiger partial charge on any atom is 0.108 e. The molecular weight excluding hydrogens is 164 g/mol. The van der Waals surface area contributed by atoms with Crippen LogP contribution in [0.3, 0.4) is 0 Å². The largest absolute Gasteiger partial charge is 0.364 e. The van der Waals surface area contributed by atoms with Crippen molar-refractivity contribution in [3.63, 3.8) is 0 Å². The van der Waals surface area contributed by atoms with E-state index in [0.29, 0.717) is 0 Å². The minimum atomic E-state index is -0.0295. The van der Waals surface area contributed by atoms with Gasteiger partial charge in [0.25, 0.3) is 0 Å². The minimum Gasteiger partial charge on any atom is -0.364 e. The lowest BCUT2D eigenvalue weighted by Gasteiger charge is -2.22. The van der Waals surface area contributed by atoms with E-state index < -0.39 is 0 Å². The van der Waals surface area contributed by atoms with Crippen LogP contribution < -0.4 is 5.32 Å². The number of nitrogens with one attached hydrogen (secondary N) is 1. The fraction of sp³-hybridized carbons (Fsp3) is 0.500. The lowest BCUT2D eigenvalue weighted by Crippen LogP contribution is -2.27. The Morgan fingerprint density at radius 2 is 2.54 bits per heavy atom. The van der Waals surface area contributed by atoms with Crippen molar-refractivity contribution in [1.29, 1.82) is 0 Å². The molecule has 0 saturated carbocycles. The Balaban J connectivity index is 2.11. The van der Waals surface area contributed by atoms with Crippen molar-refractivity contribution < 1.29 is 4.74 Å². The Hall–Kier alpha value is -0.930. The van der Waals surface area contributed by atoms with E-state index in [4.69, 9.17) is 4.74 Å². The molecule has 1 aromatic heterocycles. The lowest BCUT2D eigenvalue weighted by atomic mass is 9.93. The van der Waals surface area contributed by atoms with E-state index in [1.165, 1.54) is 11.1 Å². The third-order valence-corrected chi connectivity index (χ3v) is 3.01. The van der Waals surface area contributed by atoms with Gasteiger partial charge in [-0.1, -0.05) is 0 Å². The van der Waals surface area contributed by atoms with Crippen LogP contribution >= 0.6 is 0 Å². The molecule has 3 nitrogen and oxygen atoms in total. The molecule has 0 bridgehead atoms. The average Bonchev–Trinajstić information content (AvgIpc) is 2.78. The Labute approximate surface area is 77.1 Å². The molecule has 2 aliphatic rings. The van der Waals surface area contributed by atoms with Gasteiger partial charge in [0.15, 0.2) is 0 Å². The summed E-state index contributed by atoms with van der Waals surface area (Å²) in [6.07, 6.45) is 4.86. The number of ether oxygens (including phenoxy) is 1. The van der Waals surface area contributed by atoms with E-state index in [2.05, 4.69) is 16.4 Å². The summed E-state index contributed by atoms with van der Waals surface area (Å²) in [6, 6.07) is 2.09. The number of rotatable bonds is 0. The molecule has 2 aliphatic heterocycles. The number of aromatic nitrogens is 1. The van der Waals surface area contributed by atoms with Gasteiger partial charge in [-0.25, -0.2) is 0 Å². The van der Waals surface area contributed by atoms with Gasteiger partial charge in [-0.2, -0.15) is 0 Å². The highest BCUT2D eigenvalue weighted by atomic mass is 16.5. The molecule has 1 atom stereocenters. The topological polar surface area (TPSA) is 34.1 Å². The molecule has 1 fully saturated rings. The molecule has 1 spiro atoms. The summed E-state index contributed by atoms with van der Waals surface area (Å²) in [5.74, 6) is 0. The van der Waals surface area contributed by atoms with Gasteiger partial charge >= 0.3 is 0 Å². The van der Waals surface area contributed by atoms with Crippen LogP contribution in [0.1, 0.15) is 17.5 Å². The Morgan fingerprint density at radius 1 is 1.54 bits per heavy atom. The monoisotopic (exact) mass is 176 g/mol. The van der Waals surface area contributed by atoms with Gasteiger partial charge in [0.1, 0.15) is 5.60 Å². The van der Waals surface area contributed by atoms with Crippen LogP contribution in [0.25, 0.3) is 0 Å². The smallest absolute Gasteiger partial charge is 0.108 e. The SMILES string of the molecule is c1cc2c(cn1)COC21CCNC1. The molecule has 13 heavy (non-hydrogen) atoms. The van der Waals surface area contributed by atoms with Gasteiger partial charge < -0.3 is 10.1 Å². The average molecular weight is 176 g/mol. The van der Waals surface area contributed by atoms with E-state index in [1.807, 2.05) is 12.4 Å². The van der Waals surface area contributed by atoms with Crippen LogP contribution in [0.15, 0.2) is 18.5 Å². The summed E-state index contributed by atoms with van der Waals surface area (Å²) in [4.78, 5) is 4.11. The maximum absolute atomic E-state index is 5.87. The van der Waals surface area contributed by atoms with Crippen LogP contribution in [0.2, 0.25) is 0 Å². The zero-order valence-electron chi connectivity index (χ0n) is 7.42. The molecule has 1 saturated heterocycles. The number of pyridine rings is 1. The molecule has 68 valence electrons. The zero-order chi connectivity index (χ0) is 8.73. The van der Waals surface area contributed by atoms with Gasteiger partial charge in [0, 0.05) is 24.5 Å². The molecule has 1 N–H and O–H groups in total. The van der Waals surface area contributed by atoms with Crippen LogP contribution in [-0.2, 0) is 16.9 Å². The molecule has 3 rings (SSSR count). The maximum atomic E-state index is 5.87. The number of nitrogens with zero attached hydrogens (tertiary/aromatic N) is 1. The van der Waals surface area contributed by atoms with Crippen molar-refractivity contribution in [2.45, 2.75) is 18.6 Å². The first-order valence-corrected chi connectivity index (χ1v) is 4.69.